The van der Waals surface area contributed by atoms with Gasteiger partial charge in [0.1, 0.15) is 11.9 Å². The average molecular weight is 448 g/mol. The number of rotatable bonds is 4. The molecule has 5 rings (SSSR count). The zero-order valence-electron chi connectivity index (χ0n) is 18.2. The molecule has 9 heteroatoms. The van der Waals surface area contributed by atoms with Crippen molar-refractivity contribution < 1.29 is 18.7 Å². The standard InChI is InChI=1S/C21H29N3O4SSi/c1-21(2,3)30(4,5)28-11-15-18-13(10-27-15)24(19(25)22-18)20-23-17-12-8-9-26-14(12)6-7-16(17)29-20/h6-7,13,15,18H,8-11H2,1-5H3,(H,22,25)/t13-,15-,18-/m1/s1. The van der Waals surface area contributed by atoms with E-state index in [0.29, 0.717) is 19.8 Å². The Kier molecular flexibility index (Phi) is 4.66. The van der Waals surface area contributed by atoms with E-state index in [1.54, 1.807) is 16.2 Å². The maximum absolute atomic E-state index is 12.9. The van der Waals surface area contributed by atoms with Gasteiger partial charge in [-0.05, 0) is 30.3 Å². The van der Waals surface area contributed by atoms with Gasteiger partial charge in [-0.25, -0.2) is 9.78 Å². The number of ether oxygens (including phenoxy) is 2. The fourth-order valence-corrected chi connectivity index (χ4v) is 6.18. The van der Waals surface area contributed by atoms with Crippen LogP contribution in [0.3, 0.4) is 0 Å². The normalized spacial score (nSPS) is 26.1. The molecule has 2 saturated heterocycles. The van der Waals surface area contributed by atoms with Crippen LogP contribution in [0.4, 0.5) is 9.93 Å². The number of amides is 2. The van der Waals surface area contributed by atoms with E-state index in [4.69, 9.17) is 18.9 Å². The van der Waals surface area contributed by atoms with Gasteiger partial charge in [0, 0.05) is 12.0 Å². The summed E-state index contributed by atoms with van der Waals surface area (Å²) in [6.07, 6.45) is 0.731. The summed E-state index contributed by atoms with van der Waals surface area (Å²) >= 11 is 1.55. The molecule has 0 unspecified atom stereocenters. The van der Waals surface area contributed by atoms with Gasteiger partial charge in [-0.1, -0.05) is 32.1 Å². The molecule has 162 valence electrons. The summed E-state index contributed by atoms with van der Waals surface area (Å²) in [5.41, 5.74) is 2.10. The lowest BCUT2D eigenvalue weighted by atomic mass is 10.1. The van der Waals surface area contributed by atoms with Crippen molar-refractivity contribution in [2.45, 2.75) is 63.5 Å². The lowest BCUT2D eigenvalue weighted by Gasteiger charge is -2.37. The van der Waals surface area contributed by atoms with Gasteiger partial charge in [-0.15, -0.1) is 0 Å². The Hall–Kier alpha value is -1.68. The van der Waals surface area contributed by atoms with Gasteiger partial charge in [-0.2, -0.15) is 0 Å². The smallest absolute Gasteiger partial charge is 0.324 e. The Balaban J connectivity index is 1.36. The summed E-state index contributed by atoms with van der Waals surface area (Å²) in [6.45, 7) is 12.9. The van der Waals surface area contributed by atoms with Gasteiger partial charge in [0.05, 0.1) is 42.1 Å². The van der Waals surface area contributed by atoms with Gasteiger partial charge in [0.2, 0.25) is 0 Å². The molecule has 0 spiro atoms. The SMILES string of the molecule is CC(C)(C)[Si](C)(C)OC[C@H]1OC[C@@H]2[C@H]1NC(=O)N2c1nc2c3c(ccc2s1)OCC3. The van der Waals surface area contributed by atoms with Crippen LogP contribution >= 0.6 is 11.3 Å². The van der Waals surface area contributed by atoms with Gasteiger partial charge >= 0.3 is 6.03 Å². The molecule has 1 N–H and O–H groups in total. The van der Waals surface area contributed by atoms with Gasteiger partial charge < -0.3 is 19.2 Å². The minimum absolute atomic E-state index is 0.0598. The second-order valence-electron chi connectivity index (χ2n) is 9.84. The van der Waals surface area contributed by atoms with E-state index in [9.17, 15) is 4.79 Å². The fourth-order valence-electron chi connectivity index (χ4n) is 4.11. The number of nitrogens with one attached hydrogen (secondary N) is 1. The number of carbonyl (C=O) groups is 1. The molecule has 2 amide bonds. The van der Waals surface area contributed by atoms with Crippen molar-refractivity contribution in [2.24, 2.45) is 0 Å². The molecule has 3 atom stereocenters. The monoisotopic (exact) mass is 447 g/mol. The molecule has 0 aliphatic carbocycles. The first kappa shape index (κ1) is 20.2. The van der Waals surface area contributed by atoms with Crippen LogP contribution in [0.5, 0.6) is 5.75 Å². The van der Waals surface area contributed by atoms with E-state index in [0.717, 1.165) is 33.1 Å². The summed E-state index contributed by atoms with van der Waals surface area (Å²) in [5, 5.41) is 3.99. The number of hydrogen-bond donors (Lipinski definition) is 1. The molecule has 0 radical (unpaired) electrons. The number of nitrogens with zero attached hydrogens (tertiary/aromatic N) is 2. The largest absolute Gasteiger partial charge is 0.493 e. The van der Waals surface area contributed by atoms with Crippen molar-refractivity contribution in [2.75, 3.05) is 24.7 Å². The number of benzene rings is 1. The van der Waals surface area contributed by atoms with Crippen LogP contribution in [0.15, 0.2) is 12.1 Å². The van der Waals surface area contributed by atoms with Crippen LogP contribution in [0.1, 0.15) is 26.3 Å². The van der Waals surface area contributed by atoms with Crippen LogP contribution in [0.25, 0.3) is 10.2 Å². The van der Waals surface area contributed by atoms with Gasteiger partial charge in [0.25, 0.3) is 0 Å². The zero-order chi connectivity index (χ0) is 21.3. The molecule has 3 aliphatic rings. The third-order valence-corrected chi connectivity index (χ3v) is 12.5. The summed E-state index contributed by atoms with van der Waals surface area (Å²) in [4.78, 5) is 19.5. The second-order valence-corrected chi connectivity index (χ2v) is 15.7. The van der Waals surface area contributed by atoms with E-state index in [-0.39, 0.29) is 29.3 Å². The highest BCUT2D eigenvalue weighted by Gasteiger charge is 2.51. The summed E-state index contributed by atoms with van der Waals surface area (Å²) in [5.74, 6) is 0.912. The van der Waals surface area contributed by atoms with Crippen molar-refractivity contribution in [3.8, 4) is 5.75 Å². The number of fused-ring (bicyclic) bond motifs is 4. The average Bonchev–Trinajstić information content (AvgIpc) is 3.40. The molecule has 2 fully saturated rings. The summed E-state index contributed by atoms with van der Waals surface area (Å²) in [7, 11) is -1.88. The zero-order valence-corrected chi connectivity index (χ0v) is 20.0. The molecule has 3 aliphatic heterocycles. The Morgan fingerprint density at radius 2 is 2.17 bits per heavy atom. The number of hydrogen-bond acceptors (Lipinski definition) is 6. The molecular formula is C21H29N3O4SSi. The number of thiazole rings is 1. The molecule has 0 bridgehead atoms. The number of carbonyl (C=O) groups excluding carboxylic acids is 1. The third kappa shape index (κ3) is 3.14. The Bertz CT molecular complexity index is 1000. The van der Waals surface area contributed by atoms with Gasteiger partial charge in [0.15, 0.2) is 13.4 Å². The molecule has 7 nitrogen and oxygen atoms in total. The fraction of sp³-hybridized carbons (Fsp3) is 0.619. The van der Waals surface area contributed by atoms with E-state index in [1.807, 2.05) is 12.1 Å². The lowest BCUT2D eigenvalue weighted by molar-refractivity contribution is 0.0519. The van der Waals surface area contributed by atoms with E-state index in [2.05, 4.69) is 39.2 Å². The minimum Gasteiger partial charge on any atom is -0.493 e. The quantitative estimate of drug-likeness (QED) is 0.719. The first-order valence-electron chi connectivity index (χ1n) is 10.6. The van der Waals surface area contributed by atoms with Crippen molar-refractivity contribution in [3.05, 3.63) is 17.7 Å². The molecule has 1 aromatic carbocycles. The second kappa shape index (κ2) is 6.91. The summed E-state index contributed by atoms with van der Waals surface area (Å²) < 4.78 is 19.2. The molecule has 30 heavy (non-hydrogen) atoms. The van der Waals surface area contributed by atoms with E-state index >= 15 is 0 Å². The summed E-state index contributed by atoms with van der Waals surface area (Å²) in [6, 6.07) is 3.80. The Morgan fingerprint density at radius 3 is 2.93 bits per heavy atom. The van der Waals surface area contributed by atoms with Crippen LogP contribution in [-0.4, -0.2) is 57.3 Å². The van der Waals surface area contributed by atoms with Crippen molar-refractivity contribution in [3.63, 3.8) is 0 Å². The predicted octanol–water partition coefficient (Wildman–Crippen LogP) is 3.92. The van der Waals surface area contributed by atoms with Gasteiger partial charge in [-0.3, -0.25) is 4.90 Å². The maximum atomic E-state index is 12.9. The van der Waals surface area contributed by atoms with Crippen LogP contribution in [-0.2, 0) is 15.6 Å². The van der Waals surface area contributed by atoms with Crippen molar-refractivity contribution in [1.29, 1.82) is 0 Å². The first-order chi connectivity index (χ1) is 14.2. The maximum Gasteiger partial charge on any atom is 0.324 e. The minimum atomic E-state index is -1.88. The molecule has 2 aromatic rings. The van der Waals surface area contributed by atoms with E-state index in [1.165, 1.54) is 0 Å². The molecule has 1 aromatic heterocycles. The Labute approximate surface area is 181 Å². The number of urea groups is 1. The molecule has 4 heterocycles. The van der Waals surface area contributed by atoms with Crippen molar-refractivity contribution >= 4 is 41.0 Å². The highest BCUT2D eigenvalue weighted by atomic mass is 32.1. The molecular weight excluding hydrogens is 418 g/mol. The van der Waals surface area contributed by atoms with Crippen LogP contribution in [0, 0.1) is 0 Å². The van der Waals surface area contributed by atoms with Crippen molar-refractivity contribution in [1.82, 2.24) is 10.3 Å². The van der Waals surface area contributed by atoms with Crippen LogP contribution in [0.2, 0.25) is 18.1 Å². The first-order valence-corrected chi connectivity index (χ1v) is 14.3. The number of aromatic nitrogens is 1. The van der Waals surface area contributed by atoms with E-state index < -0.39 is 8.32 Å². The lowest BCUT2D eigenvalue weighted by Crippen LogP contribution is -2.46. The number of anilines is 1. The Morgan fingerprint density at radius 1 is 1.37 bits per heavy atom. The third-order valence-electron chi connectivity index (χ3n) is 6.98. The highest BCUT2D eigenvalue weighted by molar-refractivity contribution is 7.22. The predicted molar refractivity (Wildman–Crippen MR) is 120 cm³/mol. The highest BCUT2D eigenvalue weighted by Crippen LogP contribution is 2.41. The topological polar surface area (TPSA) is 72.9 Å². The molecule has 0 saturated carbocycles. The van der Waals surface area contributed by atoms with Crippen LogP contribution < -0.4 is 15.0 Å².